The molecule has 6 nitrogen and oxygen atoms in total. The Bertz CT molecular complexity index is 1050. The van der Waals surface area contributed by atoms with Gasteiger partial charge in [-0.25, -0.2) is 8.42 Å². The lowest BCUT2D eigenvalue weighted by Gasteiger charge is -2.13. The molecule has 0 unspecified atom stereocenters. The Hall–Kier alpha value is -3.19. The molecule has 0 aliphatic carbocycles. The zero-order valence-electron chi connectivity index (χ0n) is 15.6. The minimum Gasteiger partial charge on any atom is -0.344 e. The van der Waals surface area contributed by atoms with Gasteiger partial charge >= 0.3 is 0 Å². The van der Waals surface area contributed by atoms with E-state index in [2.05, 4.69) is 15.0 Å². The molecule has 2 N–H and O–H groups in total. The van der Waals surface area contributed by atoms with E-state index in [9.17, 15) is 13.2 Å². The Morgan fingerprint density at radius 2 is 1.64 bits per heavy atom. The number of rotatable bonds is 6. The molecule has 1 heterocycles. The number of carbonyl (C=O) groups is 1. The zero-order valence-corrected chi connectivity index (χ0v) is 16.4. The fourth-order valence-corrected chi connectivity index (χ4v) is 3.67. The summed E-state index contributed by atoms with van der Waals surface area (Å²) in [6, 6.07) is 18.1. The van der Waals surface area contributed by atoms with Gasteiger partial charge < -0.3 is 5.32 Å². The van der Waals surface area contributed by atoms with Gasteiger partial charge in [0.15, 0.2) is 0 Å². The Balaban J connectivity index is 1.70. The highest BCUT2D eigenvalue weighted by molar-refractivity contribution is 7.92. The summed E-state index contributed by atoms with van der Waals surface area (Å²) in [6.07, 6.45) is 1.67. The third-order valence-electron chi connectivity index (χ3n) is 4.21. The number of aryl methyl sites for hydroxylation is 1. The van der Waals surface area contributed by atoms with Crippen LogP contribution in [0.2, 0.25) is 0 Å². The molecule has 0 fully saturated rings. The minimum atomic E-state index is -3.73. The van der Waals surface area contributed by atoms with Crippen molar-refractivity contribution in [2.75, 3.05) is 4.72 Å². The van der Waals surface area contributed by atoms with Crippen molar-refractivity contribution >= 4 is 21.6 Å². The quantitative estimate of drug-likeness (QED) is 0.666. The average Bonchev–Trinajstić information content (AvgIpc) is 2.70. The summed E-state index contributed by atoms with van der Waals surface area (Å²) in [6.45, 7) is 3.77. The summed E-state index contributed by atoms with van der Waals surface area (Å²) in [7, 11) is -3.73. The highest BCUT2D eigenvalue weighted by atomic mass is 32.2. The van der Waals surface area contributed by atoms with Crippen molar-refractivity contribution in [2.24, 2.45) is 0 Å². The van der Waals surface area contributed by atoms with Gasteiger partial charge in [-0.1, -0.05) is 23.8 Å². The van der Waals surface area contributed by atoms with E-state index in [0.717, 1.165) is 11.3 Å². The molecule has 0 radical (unpaired) electrons. The Kier molecular flexibility index (Phi) is 5.75. The van der Waals surface area contributed by atoms with Gasteiger partial charge in [0.25, 0.3) is 15.9 Å². The van der Waals surface area contributed by atoms with Crippen LogP contribution in [0.3, 0.4) is 0 Å². The van der Waals surface area contributed by atoms with Gasteiger partial charge in [-0.2, -0.15) is 0 Å². The number of sulfonamides is 1. The molecule has 0 saturated carbocycles. The predicted octanol–water partition coefficient (Wildman–Crippen LogP) is 3.68. The maximum Gasteiger partial charge on any atom is 0.261 e. The second kappa shape index (κ2) is 8.22. The van der Waals surface area contributed by atoms with Gasteiger partial charge in [0, 0.05) is 17.4 Å². The van der Waals surface area contributed by atoms with Crippen molar-refractivity contribution in [1.82, 2.24) is 10.3 Å². The standard InChI is InChI=1S/C21H21N3O3S/c1-15-6-10-18(11-7-15)24-28(26,27)19-12-8-17(9-13-19)21(25)23-16(2)20-5-3-4-14-22-20/h3-14,16,24H,1-2H3,(H,23,25)/t16-/m0/s1. The average molecular weight is 395 g/mol. The van der Waals surface area contributed by atoms with Gasteiger partial charge in [-0.3, -0.25) is 14.5 Å². The van der Waals surface area contributed by atoms with Crippen LogP contribution in [0, 0.1) is 6.92 Å². The normalized spacial score (nSPS) is 12.2. The monoisotopic (exact) mass is 395 g/mol. The highest BCUT2D eigenvalue weighted by Gasteiger charge is 2.16. The SMILES string of the molecule is Cc1ccc(NS(=O)(=O)c2ccc(C(=O)N[C@@H](C)c3ccccn3)cc2)cc1. The number of pyridine rings is 1. The fourth-order valence-electron chi connectivity index (χ4n) is 2.61. The molecular formula is C21H21N3O3S. The van der Waals surface area contributed by atoms with Gasteiger partial charge in [-0.05, 0) is 62.4 Å². The zero-order chi connectivity index (χ0) is 20.1. The molecule has 0 aliphatic rings. The lowest BCUT2D eigenvalue weighted by atomic mass is 10.1. The molecule has 0 saturated heterocycles. The van der Waals surface area contributed by atoms with Crippen LogP contribution in [0.1, 0.15) is 34.6 Å². The smallest absolute Gasteiger partial charge is 0.261 e. The van der Waals surface area contributed by atoms with E-state index in [1.165, 1.54) is 24.3 Å². The summed E-state index contributed by atoms with van der Waals surface area (Å²) < 4.78 is 27.5. The third kappa shape index (κ3) is 4.75. The summed E-state index contributed by atoms with van der Waals surface area (Å²) in [4.78, 5) is 16.7. The van der Waals surface area contributed by atoms with Crippen LogP contribution < -0.4 is 10.0 Å². The predicted molar refractivity (Wildman–Crippen MR) is 109 cm³/mol. The number of nitrogens with one attached hydrogen (secondary N) is 2. The molecule has 2 aromatic carbocycles. The van der Waals surface area contributed by atoms with Crippen LogP contribution >= 0.6 is 0 Å². The van der Waals surface area contributed by atoms with Gasteiger partial charge in [0.2, 0.25) is 0 Å². The largest absolute Gasteiger partial charge is 0.344 e. The number of aromatic nitrogens is 1. The Labute approximate surface area is 164 Å². The summed E-state index contributed by atoms with van der Waals surface area (Å²) in [5.41, 5.74) is 2.64. The first-order valence-corrected chi connectivity index (χ1v) is 10.2. The fraction of sp³-hybridized carbons (Fsp3) is 0.143. The highest BCUT2D eigenvalue weighted by Crippen LogP contribution is 2.18. The van der Waals surface area contributed by atoms with Crippen LogP contribution in [-0.4, -0.2) is 19.3 Å². The van der Waals surface area contributed by atoms with Crippen molar-refractivity contribution in [3.63, 3.8) is 0 Å². The molecular weight excluding hydrogens is 374 g/mol. The first-order valence-electron chi connectivity index (χ1n) is 8.76. The van der Waals surface area contributed by atoms with Crippen molar-refractivity contribution < 1.29 is 13.2 Å². The lowest BCUT2D eigenvalue weighted by Crippen LogP contribution is -2.27. The van der Waals surface area contributed by atoms with E-state index in [1.807, 2.05) is 44.2 Å². The van der Waals surface area contributed by atoms with Crippen LogP contribution in [0.5, 0.6) is 0 Å². The molecule has 144 valence electrons. The molecule has 28 heavy (non-hydrogen) atoms. The van der Waals surface area contributed by atoms with Gasteiger partial charge in [-0.15, -0.1) is 0 Å². The number of anilines is 1. The maximum atomic E-state index is 12.5. The molecule has 0 aliphatic heterocycles. The van der Waals surface area contributed by atoms with Crippen LogP contribution in [0.25, 0.3) is 0 Å². The molecule has 1 atom stereocenters. The van der Waals surface area contributed by atoms with Gasteiger partial charge in [0.05, 0.1) is 16.6 Å². The number of hydrogen-bond donors (Lipinski definition) is 2. The van der Waals surface area contributed by atoms with Gasteiger partial charge in [0.1, 0.15) is 0 Å². The van der Waals surface area contributed by atoms with Crippen LogP contribution in [-0.2, 0) is 10.0 Å². The molecule has 3 rings (SSSR count). The topological polar surface area (TPSA) is 88.2 Å². The van der Waals surface area contributed by atoms with E-state index in [-0.39, 0.29) is 16.8 Å². The van der Waals surface area contributed by atoms with Crippen molar-refractivity contribution in [2.45, 2.75) is 24.8 Å². The first-order chi connectivity index (χ1) is 13.3. The number of hydrogen-bond acceptors (Lipinski definition) is 4. The first kappa shape index (κ1) is 19.6. The van der Waals surface area contributed by atoms with E-state index in [1.54, 1.807) is 18.3 Å². The summed E-state index contributed by atoms with van der Waals surface area (Å²) in [5.74, 6) is -0.298. The van der Waals surface area contributed by atoms with E-state index in [4.69, 9.17) is 0 Å². The number of carbonyl (C=O) groups excluding carboxylic acids is 1. The molecule has 3 aromatic rings. The second-order valence-corrected chi connectivity index (χ2v) is 8.13. The van der Waals surface area contributed by atoms with Crippen LogP contribution in [0.15, 0.2) is 77.8 Å². The number of benzene rings is 2. The van der Waals surface area contributed by atoms with E-state index in [0.29, 0.717) is 11.3 Å². The lowest BCUT2D eigenvalue weighted by molar-refractivity contribution is 0.0939. The Morgan fingerprint density at radius 1 is 0.964 bits per heavy atom. The van der Waals surface area contributed by atoms with E-state index >= 15 is 0 Å². The molecule has 0 spiro atoms. The number of amides is 1. The molecule has 1 amide bonds. The molecule has 7 heteroatoms. The van der Waals surface area contributed by atoms with Crippen molar-refractivity contribution in [3.05, 3.63) is 89.7 Å². The minimum absolute atomic E-state index is 0.0856. The summed E-state index contributed by atoms with van der Waals surface area (Å²) in [5, 5.41) is 2.85. The van der Waals surface area contributed by atoms with Crippen molar-refractivity contribution in [3.8, 4) is 0 Å². The second-order valence-electron chi connectivity index (χ2n) is 6.45. The number of nitrogens with zero attached hydrogens (tertiary/aromatic N) is 1. The van der Waals surface area contributed by atoms with E-state index < -0.39 is 10.0 Å². The molecule has 0 bridgehead atoms. The third-order valence-corrected chi connectivity index (χ3v) is 5.61. The summed E-state index contributed by atoms with van der Waals surface area (Å²) >= 11 is 0. The van der Waals surface area contributed by atoms with Crippen molar-refractivity contribution in [1.29, 1.82) is 0 Å². The molecule has 1 aromatic heterocycles. The van der Waals surface area contributed by atoms with Crippen LogP contribution in [0.4, 0.5) is 5.69 Å². The maximum absolute atomic E-state index is 12.5. The Morgan fingerprint density at radius 3 is 2.25 bits per heavy atom.